The van der Waals surface area contributed by atoms with Crippen LogP contribution in [0.2, 0.25) is 0 Å². The summed E-state index contributed by atoms with van der Waals surface area (Å²) < 4.78 is 10.6. The van der Waals surface area contributed by atoms with Gasteiger partial charge in [0.2, 0.25) is 5.91 Å². The lowest BCUT2D eigenvalue weighted by Gasteiger charge is -2.32. The van der Waals surface area contributed by atoms with Crippen molar-refractivity contribution in [3.63, 3.8) is 0 Å². The number of aryl methyl sites for hydroxylation is 1. The first-order valence-corrected chi connectivity index (χ1v) is 10.4. The number of likely N-dealkylation sites (tertiary alicyclic amines) is 1. The predicted molar refractivity (Wildman–Crippen MR) is 116 cm³/mol. The first-order chi connectivity index (χ1) is 14.5. The van der Waals surface area contributed by atoms with E-state index in [2.05, 4.69) is 5.32 Å². The topological polar surface area (TPSA) is 67.9 Å². The SMILES string of the molecule is COc1ccc(CCNC(=O)[C@@H]2CCCN(C(=O)c3cccc(C)c3)C2)cc1OC. The van der Waals surface area contributed by atoms with Gasteiger partial charge in [-0.1, -0.05) is 23.8 Å². The molecular formula is C24H30N2O4. The van der Waals surface area contributed by atoms with Crippen molar-refractivity contribution in [1.82, 2.24) is 10.2 Å². The number of nitrogens with zero attached hydrogens (tertiary/aromatic N) is 1. The number of carbonyl (C=O) groups excluding carboxylic acids is 2. The van der Waals surface area contributed by atoms with Crippen molar-refractivity contribution in [2.24, 2.45) is 5.92 Å². The molecule has 0 saturated carbocycles. The smallest absolute Gasteiger partial charge is 0.253 e. The van der Waals surface area contributed by atoms with Gasteiger partial charge in [-0.3, -0.25) is 9.59 Å². The van der Waals surface area contributed by atoms with E-state index in [1.165, 1.54) is 0 Å². The monoisotopic (exact) mass is 410 g/mol. The standard InChI is InChI=1S/C24H30N2O4/c1-17-6-4-7-19(14-17)24(28)26-13-5-8-20(16-26)23(27)25-12-11-18-9-10-21(29-2)22(15-18)30-3/h4,6-7,9-10,14-15,20H,5,8,11-13,16H2,1-3H3,(H,25,27)/t20-/m1/s1. The predicted octanol–water partition coefficient (Wildman–Crippen LogP) is 3.22. The van der Waals surface area contributed by atoms with Gasteiger partial charge in [-0.2, -0.15) is 0 Å². The summed E-state index contributed by atoms with van der Waals surface area (Å²) in [5, 5.41) is 3.03. The Balaban J connectivity index is 1.52. The van der Waals surface area contributed by atoms with Crippen LogP contribution in [0.1, 0.15) is 34.3 Å². The molecule has 0 spiro atoms. The highest BCUT2D eigenvalue weighted by Crippen LogP contribution is 2.27. The fourth-order valence-electron chi connectivity index (χ4n) is 3.85. The van der Waals surface area contributed by atoms with E-state index in [4.69, 9.17) is 9.47 Å². The van der Waals surface area contributed by atoms with E-state index in [9.17, 15) is 9.59 Å². The minimum absolute atomic E-state index is 0.00141. The third-order valence-corrected chi connectivity index (χ3v) is 5.51. The second-order valence-electron chi connectivity index (χ2n) is 7.69. The van der Waals surface area contributed by atoms with Gasteiger partial charge < -0.3 is 19.7 Å². The summed E-state index contributed by atoms with van der Waals surface area (Å²) in [6, 6.07) is 13.4. The number of rotatable bonds is 7. The molecule has 2 aromatic rings. The van der Waals surface area contributed by atoms with E-state index < -0.39 is 0 Å². The first-order valence-electron chi connectivity index (χ1n) is 10.4. The van der Waals surface area contributed by atoms with Gasteiger partial charge in [0.05, 0.1) is 20.1 Å². The minimum Gasteiger partial charge on any atom is -0.493 e. The van der Waals surface area contributed by atoms with Crippen molar-refractivity contribution >= 4 is 11.8 Å². The zero-order valence-corrected chi connectivity index (χ0v) is 17.9. The fourth-order valence-corrected chi connectivity index (χ4v) is 3.85. The Morgan fingerprint density at radius 3 is 2.63 bits per heavy atom. The van der Waals surface area contributed by atoms with Gasteiger partial charge in [0.25, 0.3) is 5.91 Å². The molecule has 0 radical (unpaired) electrons. The molecule has 0 unspecified atom stereocenters. The Kier molecular flexibility index (Phi) is 7.33. The summed E-state index contributed by atoms with van der Waals surface area (Å²) >= 11 is 0. The number of methoxy groups -OCH3 is 2. The van der Waals surface area contributed by atoms with E-state index in [1.807, 2.05) is 49.4 Å². The number of benzene rings is 2. The lowest BCUT2D eigenvalue weighted by molar-refractivity contribution is -0.126. The molecule has 6 heteroatoms. The van der Waals surface area contributed by atoms with E-state index >= 15 is 0 Å². The molecule has 0 aromatic heterocycles. The summed E-state index contributed by atoms with van der Waals surface area (Å²) in [6.45, 7) is 3.68. The Bertz CT molecular complexity index is 897. The van der Waals surface area contributed by atoms with Crippen molar-refractivity contribution in [3.8, 4) is 11.5 Å². The Labute approximate surface area is 178 Å². The molecule has 160 valence electrons. The number of piperidine rings is 1. The van der Waals surface area contributed by atoms with Gasteiger partial charge in [0, 0.05) is 25.2 Å². The normalized spacial score (nSPS) is 16.1. The van der Waals surface area contributed by atoms with Crippen molar-refractivity contribution in [3.05, 3.63) is 59.2 Å². The van der Waals surface area contributed by atoms with Gasteiger partial charge >= 0.3 is 0 Å². The van der Waals surface area contributed by atoms with Crippen molar-refractivity contribution in [2.75, 3.05) is 33.9 Å². The van der Waals surface area contributed by atoms with Crippen molar-refractivity contribution in [1.29, 1.82) is 0 Å². The summed E-state index contributed by atoms with van der Waals surface area (Å²) in [5.74, 6) is 1.21. The maximum atomic E-state index is 12.8. The van der Waals surface area contributed by atoms with Crippen LogP contribution in [0.25, 0.3) is 0 Å². The molecule has 1 saturated heterocycles. The van der Waals surface area contributed by atoms with E-state index in [-0.39, 0.29) is 17.7 Å². The summed E-state index contributed by atoms with van der Waals surface area (Å²) in [5.41, 5.74) is 2.81. The van der Waals surface area contributed by atoms with Crippen LogP contribution in [0.15, 0.2) is 42.5 Å². The second-order valence-corrected chi connectivity index (χ2v) is 7.69. The Morgan fingerprint density at radius 2 is 1.90 bits per heavy atom. The molecule has 1 heterocycles. The molecule has 6 nitrogen and oxygen atoms in total. The van der Waals surface area contributed by atoms with Gasteiger partial charge in [0.1, 0.15) is 0 Å². The van der Waals surface area contributed by atoms with Crippen LogP contribution in [-0.2, 0) is 11.2 Å². The number of hydrogen-bond acceptors (Lipinski definition) is 4. The number of hydrogen-bond donors (Lipinski definition) is 1. The summed E-state index contributed by atoms with van der Waals surface area (Å²) in [7, 11) is 3.21. The first kappa shape index (κ1) is 21.7. The average Bonchev–Trinajstić information content (AvgIpc) is 2.78. The number of ether oxygens (including phenoxy) is 2. The van der Waals surface area contributed by atoms with Crippen LogP contribution in [0.4, 0.5) is 0 Å². The molecule has 0 bridgehead atoms. The molecule has 3 rings (SSSR count). The van der Waals surface area contributed by atoms with E-state index in [0.29, 0.717) is 43.1 Å². The van der Waals surface area contributed by atoms with Gasteiger partial charge in [0.15, 0.2) is 11.5 Å². The molecule has 30 heavy (non-hydrogen) atoms. The maximum absolute atomic E-state index is 12.8. The van der Waals surface area contributed by atoms with E-state index in [1.54, 1.807) is 19.1 Å². The number of carbonyl (C=O) groups is 2. The molecule has 1 aliphatic rings. The van der Waals surface area contributed by atoms with Crippen LogP contribution in [-0.4, -0.2) is 50.6 Å². The molecule has 2 aromatic carbocycles. The Morgan fingerprint density at radius 1 is 1.10 bits per heavy atom. The maximum Gasteiger partial charge on any atom is 0.253 e. The second kappa shape index (κ2) is 10.1. The molecule has 1 aliphatic heterocycles. The lowest BCUT2D eigenvalue weighted by Crippen LogP contribution is -2.45. The minimum atomic E-state index is -0.169. The van der Waals surface area contributed by atoms with Crippen LogP contribution in [0, 0.1) is 12.8 Å². The molecule has 1 N–H and O–H groups in total. The largest absolute Gasteiger partial charge is 0.493 e. The van der Waals surface area contributed by atoms with Gasteiger partial charge in [-0.05, 0) is 56.0 Å². The molecular weight excluding hydrogens is 380 g/mol. The molecule has 0 aliphatic carbocycles. The fraction of sp³-hybridized carbons (Fsp3) is 0.417. The average molecular weight is 411 g/mol. The van der Waals surface area contributed by atoms with Crippen molar-refractivity contribution in [2.45, 2.75) is 26.2 Å². The van der Waals surface area contributed by atoms with Crippen LogP contribution in [0.5, 0.6) is 11.5 Å². The highest BCUT2D eigenvalue weighted by Gasteiger charge is 2.28. The third-order valence-electron chi connectivity index (χ3n) is 5.51. The summed E-state index contributed by atoms with van der Waals surface area (Å²) in [6.07, 6.45) is 2.34. The van der Waals surface area contributed by atoms with Gasteiger partial charge in [-0.15, -0.1) is 0 Å². The van der Waals surface area contributed by atoms with E-state index in [0.717, 1.165) is 24.0 Å². The molecule has 2 amide bonds. The third kappa shape index (κ3) is 5.32. The van der Waals surface area contributed by atoms with Crippen LogP contribution in [0.3, 0.4) is 0 Å². The zero-order valence-electron chi connectivity index (χ0n) is 17.9. The van der Waals surface area contributed by atoms with Gasteiger partial charge in [-0.25, -0.2) is 0 Å². The number of nitrogens with one attached hydrogen (secondary N) is 1. The molecule has 1 atom stereocenters. The lowest BCUT2D eigenvalue weighted by atomic mass is 9.96. The zero-order chi connectivity index (χ0) is 21.5. The quantitative estimate of drug-likeness (QED) is 0.761. The highest BCUT2D eigenvalue weighted by molar-refractivity contribution is 5.95. The van der Waals surface area contributed by atoms with Crippen molar-refractivity contribution < 1.29 is 19.1 Å². The van der Waals surface area contributed by atoms with Crippen LogP contribution < -0.4 is 14.8 Å². The number of amides is 2. The summed E-state index contributed by atoms with van der Waals surface area (Å²) in [4.78, 5) is 27.3. The highest BCUT2D eigenvalue weighted by atomic mass is 16.5. The van der Waals surface area contributed by atoms with Crippen LogP contribution >= 0.6 is 0 Å². The Hall–Kier alpha value is -3.02. The molecule has 1 fully saturated rings.